The molecule has 0 unspecified atom stereocenters. The predicted molar refractivity (Wildman–Crippen MR) is 107 cm³/mol. The van der Waals surface area contributed by atoms with E-state index in [9.17, 15) is 31.1 Å². The lowest BCUT2D eigenvalue weighted by Gasteiger charge is -2.20. The average molecular weight is 485 g/mol. The van der Waals surface area contributed by atoms with Gasteiger partial charge in [-0.25, -0.2) is 0 Å². The number of carbonyl (C=O) groups is 1. The van der Waals surface area contributed by atoms with E-state index in [-0.39, 0.29) is 25.4 Å². The van der Waals surface area contributed by atoms with Crippen LogP contribution in [0.3, 0.4) is 0 Å². The minimum Gasteiger partial charge on any atom is -0.491 e. The largest absolute Gasteiger partial charge is 0.573 e. The maximum absolute atomic E-state index is 13.3. The summed E-state index contributed by atoms with van der Waals surface area (Å²) in [6.07, 6.45) is -8.57. The van der Waals surface area contributed by atoms with Crippen LogP contribution in [0.4, 0.5) is 26.3 Å². The Morgan fingerprint density at radius 1 is 1.03 bits per heavy atom. The lowest BCUT2D eigenvalue weighted by Crippen LogP contribution is -2.33. The number of nitrogens with zero attached hydrogens (tertiary/aromatic N) is 3. The van der Waals surface area contributed by atoms with Crippen LogP contribution in [0.2, 0.25) is 0 Å². The van der Waals surface area contributed by atoms with Gasteiger partial charge >= 0.3 is 12.5 Å². The smallest absolute Gasteiger partial charge is 0.491 e. The van der Waals surface area contributed by atoms with Crippen LogP contribution in [0.15, 0.2) is 48.7 Å². The van der Waals surface area contributed by atoms with Crippen molar-refractivity contribution in [2.45, 2.75) is 19.1 Å². The van der Waals surface area contributed by atoms with Crippen molar-refractivity contribution in [1.29, 1.82) is 0 Å². The van der Waals surface area contributed by atoms with Gasteiger partial charge in [-0.15, -0.1) is 13.2 Å². The molecule has 0 spiro atoms. The van der Waals surface area contributed by atoms with Gasteiger partial charge in [0.1, 0.15) is 18.1 Å². The zero-order valence-electron chi connectivity index (χ0n) is 17.6. The van der Waals surface area contributed by atoms with Crippen LogP contribution in [0, 0.1) is 0 Å². The molecule has 0 fully saturated rings. The minimum atomic E-state index is -4.81. The first kappa shape index (κ1) is 23.5. The summed E-state index contributed by atoms with van der Waals surface area (Å²) >= 11 is 0. The van der Waals surface area contributed by atoms with Crippen LogP contribution in [0.25, 0.3) is 11.1 Å². The molecule has 2 heterocycles. The van der Waals surface area contributed by atoms with Crippen LogP contribution in [0.5, 0.6) is 11.5 Å². The maximum Gasteiger partial charge on any atom is 0.573 e. The number of aromatic nitrogens is 2. The molecule has 1 aliphatic heterocycles. The summed E-state index contributed by atoms with van der Waals surface area (Å²) in [6.45, 7) is 0.102. The number of ether oxygens (including phenoxy) is 2. The number of aryl methyl sites for hydroxylation is 1. The molecule has 12 heteroatoms. The third-order valence-corrected chi connectivity index (χ3v) is 5.08. The van der Waals surface area contributed by atoms with Gasteiger partial charge in [-0.05, 0) is 35.4 Å². The number of amides is 1. The molecule has 1 aliphatic rings. The second-order valence-electron chi connectivity index (χ2n) is 7.53. The summed E-state index contributed by atoms with van der Waals surface area (Å²) in [4.78, 5) is 14.2. The summed E-state index contributed by atoms with van der Waals surface area (Å²) < 4.78 is 87.5. The van der Waals surface area contributed by atoms with E-state index in [1.165, 1.54) is 36.2 Å². The lowest BCUT2D eigenvalue weighted by atomic mass is 10.0. The molecule has 180 valence electrons. The zero-order valence-corrected chi connectivity index (χ0v) is 17.6. The Morgan fingerprint density at radius 3 is 2.35 bits per heavy atom. The van der Waals surface area contributed by atoms with Crippen molar-refractivity contribution in [2.24, 2.45) is 7.05 Å². The predicted octanol–water partition coefficient (Wildman–Crippen LogP) is 5.04. The molecule has 4 rings (SSSR count). The maximum atomic E-state index is 13.3. The first-order valence-electron chi connectivity index (χ1n) is 9.93. The second kappa shape index (κ2) is 8.58. The Balaban J connectivity index is 1.60. The van der Waals surface area contributed by atoms with E-state index in [0.717, 1.165) is 10.9 Å². The first-order valence-corrected chi connectivity index (χ1v) is 9.93. The van der Waals surface area contributed by atoms with E-state index in [4.69, 9.17) is 4.74 Å². The van der Waals surface area contributed by atoms with Crippen LogP contribution < -0.4 is 9.47 Å². The molecule has 0 atom stereocenters. The van der Waals surface area contributed by atoms with Gasteiger partial charge in [0, 0.05) is 25.4 Å². The van der Waals surface area contributed by atoms with Crippen molar-refractivity contribution in [3.63, 3.8) is 0 Å². The number of halogens is 6. The molecule has 0 bridgehead atoms. The number of rotatable bonds is 3. The number of carbonyl (C=O) groups excluding carboxylic acids is 1. The molecule has 0 saturated carbocycles. The first-order chi connectivity index (χ1) is 15.9. The monoisotopic (exact) mass is 485 g/mol. The van der Waals surface area contributed by atoms with Crippen molar-refractivity contribution in [3.05, 3.63) is 65.5 Å². The number of fused-ring (bicyclic) bond motifs is 1. The Labute approximate surface area is 189 Å². The van der Waals surface area contributed by atoms with Crippen LogP contribution in [-0.4, -0.2) is 40.1 Å². The summed E-state index contributed by atoms with van der Waals surface area (Å²) in [5, 5.41) is 3.38. The fourth-order valence-electron chi connectivity index (χ4n) is 3.62. The van der Waals surface area contributed by atoms with Gasteiger partial charge in [0.2, 0.25) is 0 Å². The average Bonchev–Trinajstić information content (AvgIpc) is 3.02. The third kappa shape index (κ3) is 5.10. The Kier molecular flexibility index (Phi) is 5.92. The molecule has 0 aliphatic carbocycles. The van der Waals surface area contributed by atoms with E-state index in [1.54, 1.807) is 18.2 Å². The molecule has 3 aromatic rings. The summed E-state index contributed by atoms with van der Waals surface area (Å²) in [5.41, 5.74) is -0.0924. The van der Waals surface area contributed by atoms with Gasteiger partial charge in [0.25, 0.3) is 5.91 Å². The highest BCUT2D eigenvalue weighted by Gasteiger charge is 2.40. The Hall–Kier alpha value is -3.70. The van der Waals surface area contributed by atoms with Crippen LogP contribution in [0.1, 0.15) is 21.6 Å². The lowest BCUT2D eigenvalue weighted by molar-refractivity contribution is -0.274. The summed E-state index contributed by atoms with van der Waals surface area (Å²) in [7, 11) is 1.30. The van der Waals surface area contributed by atoms with Crippen molar-refractivity contribution in [3.8, 4) is 22.6 Å². The van der Waals surface area contributed by atoms with E-state index < -0.39 is 29.7 Å². The highest BCUT2D eigenvalue weighted by atomic mass is 19.4. The number of hydrogen-bond donors (Lipinski definition) is 0. The molecule has 0 saturated heterocycles. The number of hydrogen-bond acceptors (Lipinski definition) is 4. The normalized spacial score (nSPS) is 14.3. The van der Waals surface area contributed by atoms with E-state index in [1.807, 2.05) is 0 Å². The second-order valence-corrected chi connectivity index (χ2v) is 7.53. The fraction of sp³-hybridized carbons (Fsp3) is 0.273. The molecular formula is C22H17F6N3O3. The van der Waals surface area contributed by atoms with Crippen molar-refractivity contribution in [2.75, 3.05) is 13.2 Å². The van der Waals surface area contributed by atoms with Crippen molar-refractivity contribution in [1.82, 2.24) is 14.7 Å². The Bertz CT molecular complexity index is 1200. The number of benzene rings is 2. The van der Waals surface area contributed by atoms with Gasteiger partial charge in [-0.2, -0.15) is 18.3 Å². The molecule has 6 nitrogen and oxygen atoms in total. The van der Waals surface area contributed by atoms with Gasteiger partial charge in [-0.1, -0.05) is 18.2 Å². The van der Waals surface area contributed by atoms with E-state index >= 15 is 0 Å². The quantitative estimate of drug-likeness (QED) is 0.488. The Morgan fingerprint density at radius 2 is 1.71 bits per heavy atom. The molecule has 0 radical (unpaired) electrons. The summed E-state index contributed by atoms with van der Waals surface area (Å²) in [5.74, 6) is -0.753. The van der Waals surface area contributed by atoms with Gasteiger partial charge in [0.05, 0.1) is 12.1 Å². The fourth-order valence-corrected chi connectivity index (χ4v) is 3.62. The van der Waals surface area contributed by atoms with Crippen molar-refractivity contribution >= 4 is 5.91 Å². The highest BCUT2D eigenvalue weighted by molar-refractivity contribution is 5.95. The molecular weight excluding hydrogens is 468 g/mol. The molecule has 34 heavy (non-hydrogen) atoms. The minimum absolute atomic E-state index is 0.0243. The highest BCUT2D eigenvalue weighted by Crippen LogP contribution is 2.34. The standard InChI is InChI=1S/C22H17F6N3O3/c1-30-12-17(19(29-30)21(23,24)25)20(32)31-8-9-33-18-7-4-14(10-15(18)11-31)13-2-5-16(6-3-13)34-22(26,27)28/h2-7,10,12H,8-9,11H2,1H3. The molecule has 1 aromatic heterocycles. The molecule has 2 aromatic carbocycles. The summed E-state index contributed by atoms with van der Waals surface area (Å²) in [6, 6.07) is 10.2. The molecule has 0 N–H and O–H groups in total. The number of alkyl halides is 6. The van der Waals surface area contributed by atoms with Gasteiger partial charge in [0.15, 0.2) is 5.69 Å². The van der Waals surface area contributed by atoms with E-state index in [0.29, 0.717) is 22.4 Å². The van der Waals surface area contributed by atoms with E-state index in [2.05, 4.69) is 9.84 Å². The van der Waals surface area contributed by atoms with Crippen LogP contribution in [-0.2, 0) is 19.8 Å². The topological polar surface area (TPSA) is 56.6 Å². The van der Waals surface area contributed by atoms with Gasteiger partial charge in [-0.3, -0.25) is 9.48 Å². The van der Waals surface area contributed by atoms with Gasteiger partial charge < -0.3 is 14.4 Å². The zero-order chi connectivity index (χ0) is 24.7. The SMILES string of the molecule is Cn1cc(C(=O)N2CCOc3ccc(-c4ccc(OC(F)(F)F)cc4)cc3C2)c(C(F)(F)F)n1. The van der Waals surface area contributed by atoms with Crippen molar-refractivity contribution < 1.29 is 40.6 Å². The molecule has 1 amide bonds. The van der Waals surface area contributed by atoms with Crippen LogP contribution >= 0.6 is 0 Å². The third-order valence-electron chi connectivity index (χ3n) is 5.08.